The molecule has 136 valence electrons. The van der Waals surface area contributed by atoms with Crippen LogP contribution in [0.4, 0.5) is 0 Å². The summed E-state index contributed by atoms with van der Waals surface area (Å²) in [6.45, 7) is 7.38. The lowest BCUT2D eigenvalue weighted by Gasteiger charge is -2.38. The van der Waals surface area contributed by atoms with E-state index in [4.69, 9.17) is 5.73 Å². The molecule has 0 bridgehead atoms. The molecule has 0 aliphatic carbocycles. The number of hydrogen-bond donors (Lipinski definition) is 1. The minimum Gasteiger partial charge on any atom is -0.341 e. The molecule has 2 fully saturated rings. The van der Waals surface area contributed by atoms with Crippen molar-refractivity contribution in [2.45, 2.75) is 38.6 Å². The Balaban J connectivity index is 0.00000242. The van der Waals surface area contributed by atoms with E-state index in [9.17, 15) is 9.59 Å². The van der Waals surface area contributed by atoms with E-state index in [1.165, 1.54) is 0 Å². The number of hydrogen-bond acceptors (Lipinski definition) is 4. The van der Waals surface area contributed by atoms with Crippen molar-refractivity contribution in [2.75, 3.05) is 45.8 Å². The van der Waals surface area contributed by atoms with Crippen LogP contribution >= 0.6 is 24.8 Å². The van der Waals surface area contributed by atoms with E-state index in [0.717, 1.165) is 58.5 Å². The molecule has 2 heterocycles. The molecule has 6 nitrogen and oxygen atoms in total. The maximum Gasteiger partial charge on any atom is 0.239 e. The zero-order valence-electron chi connectivity index (χ0n) is 13.9. The van der Waals surface area contributed by atoms with Gasteiger partial charge in [-0.2, -0.15) is 0 Å². The molecule has 1 atom stereocenters. The molecule has 8 heteroatoms. The second-order valence-electron chi connectivity index (χ2n) is 6.02. The molecule has 0 spiro atoms. The van der Waals surface area contributed by atoms with Crippen LogP contribution in [0.5, 0.6) is 0 Å². The lowest BCUT2D eigenvalue weighted by molar-refractivity contribution is -0.138. The fraction of sp³-hybridized carbons (Fsp3) is 0.867. The quantitative estimate of drug-likeness (QED) is 0.776. The molecule has 2 aliphatic rings. The van der Waals surface area contributed by atoms with Crippen LogP contribution in [0.3, 0.4) is 0 Å². The van der Waals surface area contributed by atoms with E-state index in [2.05, 4.69) is 4.90 Å². The highest BCUT2D eigenvalue weighted by Gasteiger charge is 2.30. The fourth-order valence-electron chi connectivity index (χ4n) is 3.13. The Labute approximate surface area is 151 Å². The van der Waals surface area contributed by atoms with E-state index in [0.29, 0.717) is 13.0 Å². The number of amides is 2. The van der Waals surface area contributed by atoms with E-state index >= 15 is 0 Å². The van der Waals surface area contributed by atoms with Gasteiger partial charge in [-0.05, 0) is 32.7 Å². The van der Waals surface area contributed by atoms with Crippen LogP contribution in [0.15, 0.2) is 0 Å². The highest BCUT2D eigenvalue weighted by molar-refractivity contribution is 5.85. The van der Waals surface area contributed by atoms with Crippen molar-refractivity contribution >= 4 is 36.6 Å². The Morgan fingerprint density at radius 2 is 1.52 bits per heavy atom. The van der Waals surface area contributed by atoms with Gasteiger partial charge in [0.2, 0.25) is 11.8 Å². The molecule has 0 aromatic rings. The third kappa shape index (κ3) is 6.10. The first-order valence-corrected chi connectivity index (χ1v) is 8.14. The van der Waals surface area contributed by atoms with Crippen LogP contribution in [0.25, 0.3) is 0 Å². The number of halogens is 2. The zero-order chi connectivity index (χ0) is 15.2. The Hall–Kier alpha value is -0.560. The highest BCUT2D eigenvalue weighted by atomic mass is 35.5. The number of carbonyl (C=O) groups is 2. The minimum absolute atomic E-state index is 0. The summed E-state index contributed by atoms with van der Waals surface area (Å²) < 4.78 is 0. The Bertz CT molecular complexity index is 370. The summed E-state index contributed by atoms with van der Waals surface area (Å²) in [5.74, 6) is 0.439. The van der Waals surface area contributed by atoms with Crippen molar-refractivity contribution in [3.63, 3.8) is 0 Å². The lowest BCUT2D eigenvalue weighted by Crippen LogP contribution is -2.55. The first kappa shape index (κ1) is 22.4. The third-order valence-corrected chi connectivity index (χ3v) is 4.58. The number of nitrogens with zero attached hydrogens (tertiary/aromatic N) is 3. The topological polar surface area (TPSA) is 69.9 Å². The Kier molecular flexibility index (Phi) is 10.8. The van der Waals surface area contributed by atoms with Gasteiger partial charge < -0.3 is 15.5 Å². The summed E-state index contributed by atoms with van der Waals surface area (Å²) in [5.41, 5.74) is 5.44. The molecule has 1 unspecified atom stereocenters. The molecule has 23 heavy (non-hydrogen) atoms. The number of carbonyl (C=O) groups excluding carboxylic acids is 2. The Morgan fingerprint density at radius 3 is 2.04 bits per heavy atom. The molecule has 0 radical (unpaired) electrons. The Morgan fingerprint density at radius 1 is 0.957 bits per heavy atom. The molecule has 0 saturated carbocycles. The van der Waals surface area contributed by atoms with Crippen molar-refractivity contribution < 1.29 is 9.59 Å². The molecule has 2 aliphatic heterocycles. The molecular weight excluding hydrogens is 339 g/mol. The molecule has 2 saturated heterocycles. The van der Waals surface area contributed by atoms with Crippen LogP contribution in [-0.2, 0) is 9.59 Å². The summed E-state index contributed by atoms with van der Waals surface area (Å²) in [6, 6.07) is -0.0654. The molecule has 2 amide bonds. The summed E-state index contributed by atoms with van der Waals surface area (Å²) >= 11 is 0. The van der Waals surface area contributed by atoms with Crippen molar-refractivity contribution in [3.8, 4) is 0 Å². The molecule has 0 aromatic heterocycles. The van der Waals surface area contributed by atoms with Crippen molar-refractivity contribution in [1.82, 2.24) is 14.7 Å². The van der Waals surface area contributed by atoms with Gasteiger partial charge in [0.25, 0.3) is 0 Å². The van der Waals surface area contributed by atoms with Crippen molar-refractivity contribution in [2.24, 2.45) is 5.73 Å². The lowest BCUT2D eigenvalue weighted by atomic mass is 10.2. The number of nitrogens with two attached hydrogens (primary N) is 1. The second-order valence-corrected chi connectivity index (χ2v) is 6.02. The van der Waals surface area contributed by atoms with E-state index in [-0.39, 0.29) is 42.7 Å². The normalized spacial score (nSPS) is 19.7. The number of rotatable bonds is 5. The van der Waals surface area contributed by atoms with Crippen LogP contribution in [0, 0.1) is 0 Å². The van der Waals surface area contributed by atoms with E-state index < -0.39 is 0 Å². The standard InChI is InChI=1S/C15H28N4O2.2ClH/c1-13(15(21)19-7-2-3-8-19)17-9-11-18(12-10-17)14(20)5-4-6-16;;/h13H,2-12,16H2,1H3;2*1H. The van der Waals surface area contributed by atoms with Gasteiger partial charge in [0.15, 0.2) is 0 Å². The average molecular weight is 369 g/mol. The number of likely N-dealkylation sites (tertiary alicyclic amines) is 1. The van der Waals surface area contributed by atoms with Crippen molar-refractivity contribution in [1.29, 1.82) is 0 Å². The molecular formula is C15H30Cl2N4O2. The summed E-state index contributed by atoms with van der Waals surface area (Å²) in [4.78, 5) is 30.4. The monoisotopic (exact) mass is 368 g/mol. The van der Waals surface area contributed by atoms with Gasteiger partial charge in [-0.3, -0.25) is 14.5 Å². The molecule has 2 N–H and O–H groups in total. The number of piperazine rings is 1. The maximum atomic E-state index is 12.4. The first-order valence-electron chi connectivity index (χ1n) is 8.14. The van der Waals surface area contributed by atoms with Crippen molar-refractivity contribution in [3.05, 3.63) is 0 Å². The molecule has 0 aromatic carbocycles. The van der Waals surface area contributed by atoms with Gasteiger partial charge in [0, 0.05) is 45.7 Å². The average Bonchev–Trinajstić information content (AvgIpc) is 3.05. The van der Waals surface area contributed by atoms with Gasteiger partial charge in [0.1, 0.15) is 0 Å². The largest absolute Gasteiger partial charge is 0.341 e. The minimum atomic E-state index is -0.0654. The smallest absolute Gasteiger partial charge is 0.239 e. The van der Waals surface area contributed by atoms with Gasteiger partial charge in [-0.1, -0.05) is 0 Å². The summed E-state index contributed by atoms with van der Waals surface area (Å²) in [6.07, 6.45) is 3.55. The zero-order valence-corrected chi connectivity index (χ0v) is 15.5. The van der Waals surface area contributed by atoms with E-state index in [1.54, 1.807) is 0 Å². The van der Waals surface area contributed by atoms with E-state index in [1.807, 2.05) is 16.7 Å². The fourth-order valence-corrected chi connectivity index (χ4v) is 3.13. The van der Waals surface area contributed by atoms with Gasteiger partial charge in [-0.15, -0.1) is 24.8 Å². The van der Waals surface area contributed by atoms with Crippen LogP contribution < -0.4 is 5.73 Å². The van der Waals surface area contributed by atoms with Gasteiger partial charge in [-0.25, -0.2) is 0 Å². The second kappa shape index (κ2) is 11.1. The predicted molar refractivity (Wildman–Crippen MR) is 96.2 cm³/mol. The SMILES string of the molecule is CC(C(=O)N1CCCC1)N1CCN(C(=O)CCCN)CC1.Cl.Cl. The summed E-state index contributed by atoms with van der Waals surface area (Å²) in [5, 5.41) is 0. The first-order chi connectivity index (χ1) is 10.1. The van der Waals surface area contributed by atoms with Gasteiger partial charge >= 0.3 is 0 Å². The van der Waals surface area contributed by atoms with Crippen LogP contribution in [0.1, 0.15) is 32.6 Å². The van der Waals surface area contributed by atoms with Gasteiger partial charge in [0.05, 0.1) is 6.04 Å². The predicted octanol–water partition coefficient (Wildman–Crippen LogP) is 0.724. The van der Waals surface area contributed by atoms with Crippen LogP contribution in [0.2, 0.25) is 0 Å². The third-order valence-electron chi connectivity index (χ3n) is 4.58. The molecule has 2 rings (SSSR count). The van der Waals surface area contributed by atoms with Crippen LogP contribution in [-0.4, -0.2) is 78.4 Å². The summed E-state index contributed by atoms with van der Waals surface area (Å²) in [7, 11) is 0. The highest BCUT2D eigenvalue weighted by Crippen LogP contribution is 2.14. The maximum absolute atomic E-state index is 12.4.